The molecule has 5 heteroatoms. The van der Waals surface area contributed by atoms with Gasteiger partial charge in [0.1, 0.15) is 6.61 Å². The highest BCUT2D eigenvalue weighted by atomic mass is 16.5. The summed E-state index contributed by atoms with van der Waals surface area (Å²) in [6.07, 6.45) is 1.15. The summed E-state index contributed by atoms with van der Waals surface area (Å²) in [5.41, 5.74) is 3.62. The Labute approximate surface area is 175 Å². The second-order valence-corrected chi connectivity index (χ2v) is 7.47. The van der Waals surface area contributed by atoms with E-state index >= 15 is 0 Å². The zero-order valence-electron chi connectivity index (χ0n) is 17.8. The third-order valence-electron chi connectivity index (χ3n) is 5.08. The Morgan fingerprint density at radius 2 is 1.72 bits per heavy atom. The lowest BCUT2D eigenvalue weighted by Gasteiger charge is -2.26. The predicted molar refractivity (Wildman–Crippen MR) is 117 cm³/mol. The molecule has 1 fully saturated rings. The number of hydrogen-bond donors (Lipinski definition) is 1. The van der Waals surface area contributed by atoms with Crippen molar-refractivity contribution < 1.29 is 14.2 Å². The van der Waals surface area contributed by atoms with E-state index in [-0.39, 0.29) is 0 Å². The van der Waals surface area contributed by atoms with Gasteiger partial charge in [-0.05, 0) is 56.6 Å². The number of benzene rings is 2. The van der Waals surface area contributed by atoms with Crippen molar-refractivity contribution in [1.82, 2.24) is 10.2 Å². The van der Waals surface area contributed by atoms with Gasteiger partial charge in [0.2, 0.25) is 0 Å². The molecule has 1 heterocycles. The van der Waals surface area contributed by atoms with Crippen molar-refractivity contribution in [2.24, 2.45) is 0 Å². The van der Waals surface area contributed by atoms with Crippen molar-refractivity contribution in [1.29, 1.82) is 0 Å². The molecule has 2 aromatic rings. The normalized spacial score (nSPS) is 14.7. The standard InChI is InChI=1S/C24H34N2O3/c1-3-28-24-17-22(18-25-11-4-12-26-13-15-27-16-14-26)9-10-23(24)29-19-21-7-5-20(2)6-8-21/h5-10,17,25H,3-4,11-16,18-19H2,1-2H3. The van der Waals surface area contributed by atoms with Gasteiger partial charge < -0.3 is 19.5 Å². The van der Waals surface area contributed by atoms with E-state index in [1.807, 2.05) is 13.0 Å². The van der Waals surface area contributed by atoms with E-state index in [0.29, 0.717) is 13.2 Å². The lowest BCUT2D eigenvalue weighted by Crippen LogP contribution is -2.37. The SMILES string of the molecule is CCOc1cc(CNCCCN2CCOCC2)ccc1OCc1ccc(C)cc1. The number of rotatable bonds is 11. The second-order valence-electron chi connectivity index (χ2n) is 7.47. The Morgan fingerprint density at radius 3 is 2.48 bits per heavy atom. The van der Waals surface area contributed by atoms with Crippen molar-refractivity contribution >= 4 is 0 Å². The number of aryl methyl sites for hydroxylation is 1. The molecule has 1 saturated heterocycles. The maximum absolute atomic E-state index is 6.02. The molecule has 158 valence electrons. The van der Waals surface area contributed by atoms with E-state index in [9.17, 15) is 0 Å². The van der Waals surface area contributed by atoms with Crippen LogP contribution in [0.15, 0.2) is 42.5 Å². The van der Waals surface area contributed by atoms with Gasteiger partial charge in [0.15, 0.2) is 11.5 Å². The molecule has 1 aliphatic rings. The molecule has 0 saturated carbocycles. The van der Waals surface area contributed by atoms with Crippen LogP contribution in [0.5, 0.6) is 11.5 Å². The fourth-order valence-electron chi connectivity index (χ4n) is 3.38. The molecule has 29 heavy (non-hydrogen) atoms. The van der Waals surface area contributed by atoms with Gasteiger partial charge in [-0.1, -0.05) is 35.9 Å². The van der Waals surface area contributed by atoms with Crippen LogP contribution in [0.25, 0.3) is 0 Å². The van der Waals surface area contributed by atoms with Gasteiger partial charge in [-0.2, -0.15) is 0 Å². The minimum atomic E-state index is 0.541. The molecule has 0 aromatic heterocycles. The number of nitrogens with zero attached hydrogens (tertiary/aromatic N) is 1. The molecule has 1 aliphatic heterocycles. The van der Waals surface area contributed by atoms with Crippen LogP contribution in [0, 0.1) is 6.92 Å². The van der Waals surface area contributed by atoms with Crippen LogP contribution >= 0.6 is 0 Å². The molecule has 0 bridgehead atoms. The predicted octanol–water partition coefficient (Wildman–Crippen LogP) is 3.78. The van der Waals surface area contributed by atoms with Crippen LogP contribution in [-0.4, -0.2) is 50.9 Å². The van der Waals surface area contributed by atoms with E-state index in [1.54, 1.807) is 0 Å². The number of nitrogens with one attached hydrogen (secondary N) is 1. The van der Waals surface area contributed by atoms with E-state index in [4.69, 9.17) is 14.2 Å². The molecule has 0 aliphatic carbocycles. The van der Waals surface area contributed by atoms with Gasteiger partial charge in [-0.3, -0.25) is 4.90 Å². The van der Waals surface area contributed by atoms with Crippen molar-refractivity contribution in [3.05, 3.63) is 59.2 Å². The average Bonchev–Trinajstić information content (AvgIpc) is 2.75. The number of ether oxygens (including phenoxy) is 3. The summed E-state index contributed by atoms with van der Waals surface area (Å²) in [5, 5.41) is 3.54. The van der Waals surface area contributed by atoms with E-state index < -0.39 is 0 Å². The molecule has 0 spiro atoms. The smallest absolute Gasteiger partial charge is 0.161 e. The summed E-state index contributed by atoms with van der Waals surface area (Å²) < 4.78 is 17.2. The minimum Gasteiger partial charge on any atom is -0.490 e. The Kier molecular flexibility index (Phi) is 8.81. The van der Waals surface area contributed by atoms with Gasteiger partial charge in [0.25, 0.3) is 0 Å². The maximum Gasteiger partial charge on any atom is 0.161 e. The largest absolute Gasteiger partial charge is 0.490 e. The molecule has 2 aromatic carbocycles. The summed E-state index contributed by atoms with van der Waals surface area (Å²) >= 11 is 0. The van der Waals surface area contributed by atoms with Crippen LogP contribution in [0.4, 0.5) is 0 Å². The first-order valence-corrected chi connectivity index (χ1v) is 10.7. The van der Waals surface area contributed by atoms with Crippen LogP contribution < -0.4 is 14.8 Å². The van der Waals surface area contributed by atoms with E-state index in [2.05, 4.69) is 53.5 Å². The molecule has 0 amide bonds. The first-order valence-electron chi connectivity index (χ1n) is 10.7. The molecule has 0 radical (unpaired) electrons. The zero-order valence-corrected chi connectivity index (χ0v) is 17.8. The fourth-order valence-corrected chi connectivity index (χ4v) is 3.38. The maximum atomic E-state index is 6.02. The summed E-state index contributed by atoms with van der Waals surface area (Å²) in [6.45, 7) is 12.1. The number of morpholine rings is 1. The van der Waals surface area contributed by atoms with E-state index in [0.717, 1.165) is 69.4 Å². The van der Waals surface area contributed by atoms with Crippen LogP contribution in [0.1, 0.15) is 30.0 Å². The first kappa shape index (κ1) is 21.6. The van der Waals surface area contributed by atoms with Crippen LogP contribution in [0.3, 0.4) is 0 Å². The van der Waals surface area contributed by atoms with Crippen LogP contribution in [0.2, 0.25) is 0 Å². The summed E-state index contributed by atoms with van der Waals surface area (Å²) in [5.74, 6) is 1.61. The fraction of sp³-hybridized carbons (Fsp3) is 0.500. The highest BCUT2D eigenvalue weighted by Gasteiger charge is 2.10. The Bertz CT molecular complexity index is 727. The van der Waals surface area contributed by atoms with Crippen LogP contribution in [-0.2, 0) is 17.9 Å². The lowest BCUT2D eigenvalue weighted by molar-refractivity contribution is 0.0374. The molecule has 0 unspecified atom stereocenters. The summed E-state index contributed by atoms with van der Waals surface area (Å²) in [7, 11) is 0. The Morgan fingerprint density at radius 1 is 0.966 bits per heavy atom. The van der Waals surface area contributed by atoms with E-state index in [1.165, 1.54) is 11.1 Å². The molecular weight excluding hydrogens is 364 g/mol. The van der Waals surface area contributed by atoms with Gasteiger partial charge >= 0.3 is 0 Å². The molecule has 1 N–H and O–H groups in total. The second kappa shape index (κ2) is 11.8. The van der Waals surface area contributed by atoms with Gasteiger partial charge in [-0.25, -0.2) is 0 Å². The third kappa shape index (κ3) is 7.35. The zero-order chi connectivity index (χ0) is 20.3. The quantitative estimate of drug-likeness (QED) is 0.584. The first-order chi connectivity index (χ1) is 14.2. The number of hydrogen-bond acceptors (Lipinski definition) is 5. The van der Waals surface area contributed by atoms with Gasteiger partial charge in [0.05, 0.1) is 19.8 Å². The Balaban J connectivity index is 1.45. The molecule has 3 rings (SSSR count). The Hall–Kier alpha value is -2.08. The highest BCUT2D eigenvalue weighted by Crippen LogP contribution is 2.29. The average molecular weight is 399 g/mol. The van der Waals surface area contributed by atoms with Crippen molar-refractivity contribution in [3.63, 3.8) is 0 Å². The van der Waals surface area contributed by atoms with Crippen molar-refractivity contribution in [3.8, 4) is 11.5 Å². The van der Waals surface area contributed by atoms with Gasteiger partial charge in [0, 0.05) is 19.6 Å². The lowest BCUT2D eigenvalue weighted by atomic mass is 10.1. The topological polar surface area (TPSA) is 43.0 Å². The van der Waals surface area contributed by atoms with Gasteiger partial charge in [-0.15, -0.1) is 0 Å². The van der Waals surface area contributed by atoms with Crippen molar-refractivity contribution in [2.45, 2.75) is 33.4 Å². The third-order valence-corrected chi connectivity index (χ3v) is 5.08. The summed E-state index contributed by atoms with van der Waals surface area (Å²) in [6, 6.07) is 14.6. The molecular formula is C24H34N2O3. The van der Waals surface area contributed by atoms with Crippen molar-refractivity contribution in [2.75, 3.05) is 46.0 Å². The monoisotopic (exact) mass is 398 g/mol. The molecule has 5 nitrogen and oxygen atoms in total. The minimum absolute atomic E-state index is 0.541. The summed E-state index contributed by atoms with van der Waals surface area (Å²) in [4.78, 5) is 2.47. The highest BCUT2D eigenvalue weighted by molar-refractivity contribution is 5.43. The molecule has 0 atom stereocenters.